The quantitative estimate of drug-likeness (QED) is 0.328. The highest BCUT2D eigenvalue weighted by Crippen LogP contribution is 2.39. The zero-order valence-corrected chi connectivity index (χ0v) is 15.3. The molecule has 0 unspecified atom stereocenters. The smallest absolute Gasteiger partial charge is 0.133 e. The van der Waals surface area contributed by atoms with E-state index in [2.05, 4.69) is 95.9 Å². The van der Waals surface area contributed by atoms with Gasteiger partial charge in [0.1, 0.15) is 5.76 Å². The molecule has 0 saturated carbocycles. The summed E-state index contributed by atoms with van der Waals surface area (Å²) in [5, 5.41) is 2.44. The van der Waals surface area contributed by atoms with Crippen molar-refractivity contribution in [1.29, 1.82) is 0 Å². The molecule has 0 saturated heterocycles. The molecule has 28 heavy (non-hydrogen) atoms. The first-order valence-electron chi connectivity index (χ1n) is 9.37. The fraction of sp³-hybridized carbons (Fsp3) is 0. The summed E-state index contributed by atoms with van der Waals surface area (Å²) in [6.45, 7) is 0. The van der Waals surface area contributed by atoms with E-state index in [1.807, 2.05) is 18.2 Å². The van der Waals surface area contributed by atoms with E-state index in [-0.39, 0.29) is 0 Å². The summed E-state index contributed by atoms with van der Waals surface area (Å²) < 4.78 is 5.62. The van der Waals surface area contributed by atoms with Crippen LogP contribution in [-0.4, -0.2) is 0 Å². The number of anilines is 3. The Morgan fingerprint density at radius 1 is 0.571 bits per heavy atom. The monoisotopic (exact) mass is 361 g/mol. The Morgan fingerprint density at radius 2 is 1.32 bits per heavy atom. The van der Waals surface area contributed by atoms with Crippen molar-refractivity contribution < 1.29 is 4.42 Å². The van der Waals surface area contributed by atoms with Gasteiger partial charge in [0.15, 0.2) is 0 Å². The van der Waals surface area contributed by atoms with E-state index in [1.54, 1.807) is 6.26 Å². The number of rotatable bonds is 4. The molecule has 0 atom stereocenters. The maximum Gasteiger partial charge on any atom is 0.133 e. The molecule has 0 aliphatic carbocycles. The number of benzene rings is 4. The van der Waals surface area contributed by atoms with Gasteiger partial charge in [0.05, 0.1) is 12.0 Å². The minimum atomic E-state index is 0.868. The van der Waals surface area contributed by atoms with Crippen molar-refractivity contribution in [2.24, 2.45) is 0 Å². The van der Waals surface area contributed by atoms with Crippen LogP contribution < -0.4 is 4.90 Å². The molecular weight excluding hydrogens is 342 g/mol. The lowest BCUT2D eigenvalue weighted by Gasteiger charge is -2.27. The van der Waals surface area contributed by atoms with E-state index in [0.29, 0.717) is 0 Å². The Morgan fingerprint density at radius 3 is 2.18 bits per heavy atom. The molecule has 2 nitrogen and oxygen atoms in total. The number of furan rings is 1. The molecule has 0 N–H and O–H groups in total. The van der Waals surface area contributed by atoms with E-state index < -0.39 is 0 Å². The van der Waals surface area contributed by atoms with Crippen LogP contribution >= 0.6 is 0 Å². The van der Waals surface area contributed by atoms with Crippen molar-refractivity contribution in [3.05, 3.63) is 115 Å². The first-order valence-corrected chi connectivity index (χ1v) is 9.37. The van der Waals surface area contributed by atoms with Gasteiger partial charge in [-0.3, -0.25) is 0 Å². The minimum Gasteiger partial charge on any atom is -0.464 e. The number of nitrogens with zero attached hydrogens (tertiary/aromatic N) is 1. The third kappa shape index (κ3) is 2.95. The fourth-order valence-corrected chi connectivity index (χ4v) is 3.65. The van der Waals surface area contributed by atoms with Crippen LogP contribution in [0.25, 0.3) is 22.1 Å². The van der Waals surface area contributed by atoms with Crippen LogP contribution in [0, 0.1) is 0 Å². The predicted molar refractivity (Wildman–Crippen MR) is 116 cm³/mol. The van der Waals surface area contributed by atoms with Crippen molar-refractivity contribution in [3.63, 3.8) is 0 Å². The number of para-hydroxylation sites is 1. The van der Waals surface area contributed by atoms with E-state index in [0.717, 1.165) is 28.4 Å². The van der Waals surface area contributed by atoms with Crippen LogP contribution in [-0.2, 0) is 0 Å². The molecule has 1 aromatic heterocycles. The van der Waals surface area contributed by atoms with Crippen molar-refractivity contribution in [1.82, 2.24) is 0 Å². The lowest BCUT2D eigenvalue weighted by Crippen LogP contribution is -2.10. The van der Waals surface area contributed by atoms with Gasteiger partial charge >= 0.3 is 0 Å². The maximum absolute atomic E-state index is 5.62. The Bertz CT molecular complexity index is 1200. The van der Waals surface area contributed by atoms with Crippen LogP contribution in [0.1, 0.15) is 0 Å². The Balaban J connectivity index is 1.74. The maximum atomic E-state index is 5.62. The average Bonchev–Trinajstić information content (AvgIpc) is 3.30. The third-order valence-electron chi connectivity index (χ3n) is 4.93. The summed E-state index contributed by atoms with van der Waals surface area (Å²) in [6, 6.07) is 37.8. The molecule has 0 radical (unpaired) electrons. The molecular formula is C26H19NO. The number of fused-ring (bicyclic) bond motifs is 1. The Labute approximate surface area is 164 Å². The first kappa shape index (κ1) is 16.4. The van der Waals surface area contributed by atoms with Crippen molar-refractivity contribution in [2.75, 3.05) is 4.90 Å². The summed E-state index contributed by atoms with van der Waals surface area (Å²) in [5.74, 6) is 0.868. The first-order chi connectivity index (χ1) is 13.9. The number of hydrogen-bond donors (Lipinski definition) is 0. The molecule has 0 aliphatic heterocycles. The molecule has 2 heteroatoms. The Hall–Kier alpha value is -3.78. The molecule has 0 amide bonds. The molecule has 5 rings (SSSR count). The summed E-state index contributed by atoms with van der Waals surface area (Å²) in [4.78, 5) is 2.30. The lowest BCUT2D eigenvalue weighted by atomic mass is 10.1. The van der Waals surface area contributed by atoms with Crippen LogP contribution in [0.4, 0.5) is 17.1 Å². The lowest BCUT2D eigenvalue weighted by molar-refractivity contribution is 0.582. The molecule has 1 heterocycles. The van der Waals surface area contributed by atoms with Gasteiger partial charge in [-0.05, 0) is 47.9 Å². The van der Waals surface area contributed by atoms with Crippen molar-refractivity contribution >= 4 is 27.8 Å². The fourth-order valence-electron chi connectivity index (χ4n) is 3.65. The van der Waals surface area contributed by atoms with E-state index in [9.17, 15) is 0 Å². The van der Waals surface area contributed by atoms with Gasteiger partial charge in [0.25, 0.3) is 0 Å². The summed E-state index contributed by atoms with van der Waals surface area (Å²) >= 11 is 0. The van der Waals surface area contributed by atoms with Crippen LogP contribution in [0.3, 0.4) is 0 Å². The number of hydrogen-bond acceptors (Lipinski definition) is 2. The molecule has 0 aliphatic rings. The molecule has 0 fully saturated rings. The topological polar surface area (TPSA) is 16.4 Å². The summed E-state index contributed by atoms with van der Waals surface area (Å²) in [7, 11) is 0. The minimum absolute atomic E-state index is 0.868. The van der Waals surface area contributed by atoms with E-state index in [4.69, 9.17) is 4.42 Å². The van der Waals surface area contributed by atoms with Crippen LogP contribution in [0.5, 0.6) is 0 Å². The van der Waals surface area contributed by atoms with Gasteiger partial charge < -0.3 is 9.32 Å². The summed E-state index contributed by atoms with van der Waals surface area (Å²) in [6.07, 6.45) is 1.71. The van der Waals surface area contributed by atoms with Gasteiger partial charge in [0.2, 0.25) is 0 Å². The molecule has 0 spiro atoms. The second-order valence-corrected chi connectivity index (χ2v) is 6.70. The molecule has 134 valence electrons. The summed E-state index contributed by atoms with van der Waals surface area (Å²) in [5.41, 5.74) is 4.43. The van der Waals surface area contributed by atoms with Crippen LogP contribution in [0.15, 0.2) is 120 Å². The molecule has 5 aromatic rings. The third-order valence-corrected chi connectivity index (χ3v) is 4.93. The normalized spacial score (nSPS) is 10.9. The second kappa shape index (κ2) is 7.09. The van der Waals surface area contributed by atoms with Crippen molar-refractivity contribution in [2.45, 2.75) is 0 Å². The highest BCUT2D eigenvalue weighted by Gasteiger charge is 2.15. The zero-order chi connectivity index (χ0) is 18.8. The van der Waals surface area contributed by atoms with Gasteiger partial charge in [-0.25, -0.2) is 0 Å². The highest BCUT2D eigenvalue weighted by molar-refractivity contribution is 5.99. The highest BCUT2D eigenvalue weighted by atomic mass is 16.3. The van der Waals surface area contributed by atoms with Gasteiger partial charge in [-0.2, -0.15) is 0 Å². The van der Waals surface area contributed by atoms with Crippen molar-refractivity contribution in [3.8, 4) is 11.3 Å². The van der Waals surface area contributed by atoms with E-state index in [1.165, 1.54) is 10.8 Å². The largest absolute Gasteiger partial charge is 0.464 e. The standard InChI is InChI=1S/C26H19NO/c1-2-12-22(13-3-1)27(25-16-7-10-20-9-4-5-15-24(20)25)23-14-6-11-21(19-23)26-17-8-18-28-26/h1-19H. The van der Waals surface area contributed by atoms with Gasteiger partial charge in [-0.15, -0.1) is 0 Å². The van der Waals surface area contributed by atoms with Gasteiger partial charge in [0, 0.05) is 22.3 Å². The van der Waals surface area contributed by atoms with Gasteiger partial charge in [-0.1, -0.05) is 66.7 Å². The molecule has 4 aromatic carbocycles. The Kier molecular flexibility index (Phi) is 4.15. The van der Waals surface area contributed by atoms with Crippen LogP contribution in [0.2, 0.25) is 0 Å². The van der Waals surface area contributed by atoms with E-state index >= 15 is 0 Å². The SMILES string of the molecule is c1ccc(N(c2cccc(-c3ccco3)c2)c2cccc3ccccc23)cc1. The zero-order valence-electron chi connectivity index (χ0n) is 15.3. The predicted octanol–water partition coefficient (Wildman–Crippen LogP) is 7.57. The average molecular weight is 361 g/mol. The second-order valence-electron chi connectivity index (χ2n) is 6.70. The molecule has 0 bridgehead atoms.